The zero-order valence-corrected chi connectivity index (χ0v) is 20.2. The van der Waals surface area contributed by atoms with E-state index < -0.39 is 47.9 Å². The van der Waals surface area contributed by atoms with Crippen LogP contribution in [0.5, 0.6) is 0 Å². The number of nitrogens with two attached hydrogens (primary N) is 1. The van der Waals surface area contributed by atoms with Gasteiger partial charge in [-0.05, 0) is 24.8 Å². The Morgan fingerprint density at radius 2 is 1.69 bits per heavy atom. The fourth-order valence-corrected chi connectivity index (χ4v) is 3.39. The molecule has 5 atom stereocenters. The number of aromatic nitrogens is 2. The van der Waals surface area contributed by atoms with Crippen molar-refractivity contribution in [3.05, 3.63) is 54.1 Å². The minimum atomic E-state index is -1.21. The van der Waals surface area contributed by atoms with Crippen LogP contribution in [-0.2, 0) is 32.0 Å². The van der Waals surface area contributed by atoms with Crippen LogP contribution in [0.15, 0.2) is 42.9 Å². The van der Waals surface area contributed by atoms with Gasteiger partial charge in [0.1, 0.15) is 18.1 Å². The number of rotatable bonds is 13. The van der Waals surface area contributed by atoms with E-state index in [4.69, 9.17) is 10.8 Å². The summed E-state index contributed by atoms with van der Waals surface area (Å²) in [6, 6.07) is 5.25. The first-order chi connectivity index (χ1) is 16.6. The predicted octanol–water partition coefficient (Wildman–Crippen LogP) is 0.127. The summed E-state index contributed by atoms with van der Waals surface area (Å²) in [5, 5.41) is 16.9. The number of benzene rings is 1. The van der Waals surface area contributed by atoms with Crippen LogP contribution in [0.4, 0.5) is 0 Å². The number of carboxylic acid groups (broad SMARTS) is 1. The lowest BCUT2D eigenvalue weighted by molar-refractivity contribution is -0.141. The van der Waals surface area contributed by atoms with Gasteiger partial charge in [-0.2, -0.15) is 0 Å². The smallest absolute Gasteiger partial charge is 0.325 e. The Balaban J connectivity index is 2.14. The normalized spacial score (nSPS) is 15.2. The number of nitrogens with zero attached hydrogens (tertiary/aromatic N) is 1. The highest BCUT2D eigenvalue weighted by Crippen LogP contribution is 2.11. The second-order valence-electron chi connectivity index (χ2n) is 8.58. The average molecular weight is 487 g/mol. The summed E-state index contributed by atoms with van der Waals surface area (Å²) in [7, 11) is 0. The molecule has 0 aliphatic heterocycles. The van der Waals surface area contributed by atoms with Crippen molar-refractivity contribution in [2.45, 2.75) is 64.2 Å². The standard InChI is InChI=1S/C24H34N6O5/c1-4-14(2)20(30-21(31)18(25)10-16-8-6-5-7-9-16)23(33)29-19(11-17-12-26-13-27-17)22(32)28-15(3)24(34)35/h5-9,12-15,18-20H,4,10-11,25H2,1-3H3,(H,26,27)(H,28,32)(H,29,33)(H,30,31)(H,34,35). The Morgan fingerprint density at radius 3 is 2.26 bits per heavy atom. The third-order valence-corrected chi connectivity index (χ3v) is 5.77. The third kappa shape index (κ3) is 8.53. The molecule has 0 saturated carbocycles. The number of nitrogens with one attached hydrogen (secondary N) is 4. The molecule has 0 saturated heterocycles. The quantitative estimate of drug-likeness (QED) is 0.233. The first kappa shape index (κ1) is 27.5. The molecule has 11 nitrogen and oxygen atoms in total. The van der Waals surface area contributed by atoms with Gasteiger partial charge in [0.2, 0.25) is 17.7 Å². The number of carboxylic acids is 1. The minimum absolute atomic E-state index is 0.0542. The molecule has 2 rings (SSSR count). The summed E-state index contributed by atoms with van der Waals surface area (Å²) >= 11 is 0. The summed E-state index contributed by atoms with van der Waals surface area (Å²) in [6.07, 6.45) is 3.88. The fraction of sp³-hybridized carbons (Fsp3) is 0.458. The second-order valence-corrected chi connectivity index (χ2v) is 8.58. The molecule has 0 radical (unpaired) electrons. The molecular formula is C24H34N6O5. The maximum absolute atomic E-state index is 13.2. The number of H-pyrrole nitrogens is 1. The molecule has 3 amide bonds. The summed E-state index contributed by atoms with van der Waals surface area (Å²) in [4.78, 5) is 56.8. The number of hydrogen-bond acceptors (Lipinski definition) is 6. The molecule has 5 unspecified atom stereocenters. The molecular weight excluding hydrogens is 452 g/mol. The molecule has 11 heteroatoms. The lowest BCUT2D eigenvalue weighted by Crippen LogP contribution is -2.59. The first-order valence-electron chi connectivity index (χ1n) is 11.5. The van der Waals surface area contributed by atoms with E-state index in [2.05, 4.69) is 25.9 Å². The number of imidazole rings is 1. The predicted molar refractivity (Wildman–Crippen MR) is 129 cm³/mol. The molecule has 0 fully saturated rings. The highest BCUT2D eigenvalue weighted by molar-refractivity contribution is 5.94. The van der Waals surface area contributed by atoms with Crippen molar-refractivity contribution in [1.29, 1.82) is 0 Å². The first-order valence-corrected chi connectivity index (χ1v) is 11.5. The summed E-state index contributed by atoms with van der Waals surface area (Å²) in [6.45, 7) is 5.01. The van der Waals surface area contributed by atoms with Gasteiger partial charge in [-0.15, -0.1) is 0 Å². The van der Waals surface area contributed by atoms with Crippen molar-refractivity contribution >= 4 is 23.7 Å². The lowest BCUT2D eigenvalue weighted by atomic mass is 9.96. The van der Waals surface area contributed by atoms with Gasteiger partial charge in [-0.3, -0.25) is 19.2 Å². The van der Waals surface area contributed by atoms with Crippen LogP contribution in [0.25, 0.3) is 0 Å². The van der Waals surface area contributed by atoms with Gasteiger partial charge >= 0.3 is 5.97 Å². The number of aliphatic carboxylic acids is 1. The maximum Gasteiger partial charge on any atom is 0.325 e. The molecule has 35 heavy (non-hydrogen) atoms. The molecule has 0 aliphatic carbocycles. The van der Waals surface area contributed by atoms with Gasteiger partial charge in [0.05, 0.1) is 12.4 Å². The third-order valence-electron chi connectivity index (χ3n) is 5.77. The van der Waals surface area contributed by atoms with E-state index in [-0.39, 0.29) is 12.3 Å². The lowest BCUT2D eigenvalue weighted by Gasteiger charge is -2.27. The monoisotopic (exact) mass is 486 g/mol. The Morgan fingerprint density at radius 1 is 1.00 bits per heavy atom. The van der Waals surface area contributed by atoms with Gasteiger partial charge in [-0.25, -0.2) is 4.98 Å². The molecule has 1 aromatic heterocycles. The maximum atomic E-state index is 13.2. The molecule has 1 heterocycles. The summed E-state index contributed by atoms with van der Waals surface area (Å²) in [5.41, 5.74) is 7.55. The van der Waals surface area contributed by atoms with Crippen molar-refractivity contribution in [2.75, 3.05) is 0 Å². The number of carbonyl (C=O) groups is 4. The van der Waals surface area contributed by atoms with Crippen LogP contribution in [0, 0.1) is 5.92 Å². The van der Waals surface area contributed by atoms with E-state index in [1.807, 2.05) is 44.2 Å². The van der Waals surface area contributed by atoms with E-state index in [0.29, 0.717) is 18.5 Å². The average Bonchev–Trinajstić information content (AvgIpc) is 3.35. The van der Waals surface area contributed by atoms with Crippen molar-refractivity contribution < 1.29 is 24.3 Å². The highest BCUT2D eigenvalue weighted by atomic mass is 16.4. The Kier molecular flexibility index (Phi) is 10.4. The summed E-state index contributed by atoms with van der Waals surface area (Å²) in [5.74, 6) is -3.18. The molecule has 0 bridgehead atoms. The summed E-state index contributed by atoms with van der Waals surface area (Å²) < 4.78 is 0. The van der Waals surface area contributed by atoms with Crippen LogP contribution in [0.1, 0.15) is 38.4 Å². The largest absolute Gasteiger partial charge is 0.480 e. The minimum Gasteiger partial charge on any atom is -0.480 e. The van der Waals surface area contributed by atoms with E-state index >= 15 is 0 Å². The van der Waals surface area contributed by atoms with Gasteiger partial charge < -0.3 is 31.8 Å². The van der Waals surface area contributed by atoms with Gasteiger partial charge in [0, 0.05) is 18.3 Å². The number of carbonyl (C=O) groups excluding carboxylic acids is 3. The van der Waals surface area contributed by atoms with Crippen LogP contribution in [-0.4, -0.2) is 62.9 Å². The molecule has 1 aromatic carbocycles. The van der Waals surface area contributed by atoms with Crippen LogP contribution >= 0.6 is 0 Å². The highest BCUT2D eigenvalue weighted by Gasteiger charge is 2.32. The molecule has 7 N–H and O–H groups in total. The van der Waals surface area contributed by atoms with E-state index in [1.54, 1.807) is 0 Å². The number of aromatic amines is 1. The van der Waals surface area contributed by atoms with Crippen molar-refractivity contribution in [3.63, 3.8) is 0 Å². The molecule has 0 spiro atoms. The van der Waals surface area contributed by atoms with Crippen molar-refractivity contribution in [2.24, 2.45) is 11.7 Å². The van der Waals surface area contributed by atoms with Crippen LogP contribution in [0.3, 0.4) is 0 Å². The van der Waals surface area contributed by atoms with Gasteiger partial charge in [0.25, 0.3) is 0 Å². The van der Waals surface area contributed by atoms with Gasteiger partial charge in [0.15, 0.2) is 0 Å². The van der Waals surface area contributed by atoms with Gasteiger partial charge in [-0.1, -0.05) is 50.6 Å². The topological polar surface area (TPSA) is 179 Å². The van der Waals surface area contributed by atoms with E-state index in [0.717, 1.165) is 5.56 Å². The Hall–Kier alpha value is -3.73. The van der Waals surface area contributed by atoms with E-state index in [1.165, 1.54) is 19.4 Å². The van der Waals surface area contributed by atoms with Crippen molar-refractivity contribution in [3.8, 4) is 0 Å². The van der Waals surface area contributed by atoms with E-state index in [9.17, 15) is 19.2 Å². The fourth-order valence-electron chi connectivity index (χ4n) is 3.39. The Labute approximate surface area is 204 Å². The zero-order valence-electron chi connectivity index (χ0n) is 20.2. The molecule has 2 aromatic rings. The molecule has 190 valence electrons. The zero-order chi connectivity index (χ0) is 26.0. The molecule has 0 aliphatic rings. The SMILES string of the molecule is CCC(C)C(NC(=O)C(N)Cc1ccccc1)C(=O)NC(Cc1cnc[nH]1)C(=O)NC(C)C(=O)O. The number of amides is 3. The van der Waals surface area contributed by atoms with Crippen molar-refractivity contribution in [1.82, 2.24) is 25.9 Å². The Bertz CT molecular complexity index is 982. The van der Waals surface area contributed by atoms with Crippen LogP contribution in [0.2, 0.25) is 0 Å². The number of hydrogen-bond donors (Lipinski definition) is 6. The second kappa shape index (κ2) is 13.2. The van der Waals surface area contributed by atoms with Crippen LogP contribution < -0.4 is 21.7 Å².